The van der Waals surface area contributed by atoms with Gasteiger partial charge in [-0.2, -0.15) is 0 Å². The molecule has 1 unspecified atom stereocenters. The molecule has 0 saturated heterocycles. The van der Waals surface area contributed by atoms with Gasteiger partial charge in [0.05, 0.1) is 11.6 Å². The van der Waals surface area contributed by atoms with E-state index in [9.17, 15) is 18.8 Å². The molecule has 0 aliphatic heterocycles. The summed E-state index contributed by atoms with van der Waals surface area (Å²) >= 11 is 0. The van der Waals surface area contributed by atoms with Crippen molar-refractivity contribution in [3.8, 4) is 0 Å². The zero-order valence-electron chi connectivity index (χ0n) is 13.4. The van der Waals surface area contributed by atoms with Crippen LogP contribution in [0.3, 0.4) is 0 Å². The molecule has 0 radical (unpaired) electrons. The van der Waals surface area contributed by atoms with Gasteiger partial charge in [0.2, 0.25) is 5.91 Å². The topological polar surface area (TPSA) is 95.5 Å². The van der Waals surface area contributed by atoms with Crippen molar-refractivity contribution in [1.29, 1.82) is 0 Å². The molecule has 3 N–H and O–H groups in total. The predicted molar refractivity (Wildman–Crippen MR) is 83.6 cm³/mol. The summed E-state index contributed by atoms with van der Waals surface area (Å²) in [6, 6.07) is 3.56. The van der Waals surface area contributed by atoms with Crippen LogP contribution in [0.1, 0.15) is 37.6 Å². The molecule has 1 aromatic carbocycles. The number of carboxylic acids is 1. The summed E-state index contributed by atoms with van der Waals surface area (Å²) in [5.41, 5.74) is 0.0472. The SMILES string of the molecule is CC(=O)Nc1cc(C(=O)NCC(CC(C)C)C(=O)O)ccc1F. The minimum Gasteiger partial charge on any atom is -0.481 e. The fourth-order valence-corrected chi connectivity index (χ4v) is 2.11. The molecule has 0 bridgehead atoms. The van der Waals surface area contributed by atoms with Gasteiger partial charge in [-0.3, -0.25) is 14.4 Å². The Hall–Kier alpha value is -2.44. The number of hydrogen-bond acceptors (Lipinski definition) is 3. The summed E-state index contributed by atoms with van der Waals surface area (Å²) in [7, 11) is 0. The van der Waals surface area contributed by atoms with Crippen molar-refractivity contribution in [2.45, 2.75) is 27.2 Å². The number of benzene rings is 1. The predicted octanol–water partition coefficient (Wildman–Crippen LogP) is 2.26. The maximum absolute atomic E-state index is 13.5. The fourth-order valence-electron chi connectivity index (χ4n) is 2.11. The Morgan fingerprint density at radius 3 is 2.43 bits per heavy atom. The number of carboxylic acid groups (broad SMARTS) is 1. The highest BCUT2D eigenvalue weighted by Gasteiger charge is 2.20. The van der Waals surface area contributed by atoms with E-state index in [1.165, 1.54) is 19.1 Å². The van der Waals surface area contributed by atoms with Crippen molar-refractivity contribution in [2.24, 2.45) is 11.8 Å². The van der Waals surface area contributed by atoms with Gasteiger partial charge in [-0.25, -0.2) is 4.39 Å². The van der Waals surface area contributed by atoms with Gasteiger partial charge >= 0.3 is 5.97 Å². The van der Waals surface area contributed by atoms with Gasteiger partial charge in [0, 0.05) is 19.0 Å². The Labute approximate surface area is 134 Å². The van der Waals surface area contributed by atoms with Crippen LogP contribution in [0.2, 0.25) is 0 Å². The van der Waals surface area contributed by atoms with Crippen LogP contribution in [-0.2, 0) is 9.59 Å². The molecule has 23 heavy (non-hydrogen) atoms. The van der Waals surface area contributed by atoms with Crippen LogP contribution >= 0.6 is 0 Å². The number of anilines is 1. The smallest absolute Gasteiger partial charge is 0.308 e. The molecular weight excluding hydrogens is 303 g/mol. The van der Waals surface area contributed by atoms with E-state index >= 15 is 0 Å². The van der Waals surface area contributed by atoms with E-state index < -0.39 is 29.5 Å². The van der Waals surface area contributed by atoms with Crippen molar-refractivity contribution >= 4 is 23.5 Å². The number of carbonyl (C=O) groups excluding carboxylic acids is 2. The van der Waals surface area contributed by atoms with E-state index in [0.29, 0.717) is 6.42 Å². The van der Waals surface area contributed by atoms with Crippen LogP contribution in [0, 0.1) is 17.7 Å². The molecule has 0 aliphatic carbocycles. The number of rotatable bonds is 7. The third-order valence-electron chi connectivity index (χ3n) is 3.15. The van der Waals surface area contributed by atoms with E-state index in [1.54, 1.807) is 0 Å². The Morgan fingerprint density at radius 1 is 1.26 bits per heavy atom. The van der Waals surface area contributed by atoms with E-state index in [-0.39, 0.29) is 23.7 Å². The lowest BCUT2D eigenvalue weighted by Gasteiger charge is -2.15. The summed E-state index contributed by atoms with van der Waals surface area (Å²) in [5.74, 6) is -3.10. The van der Waals surface area contributed by atoms with E-state index in [0.717, 1.165) is 6.07 Å². The Bertz CT molecular complexity index is 602. The Morgan fingerprint density at radius 2 is 1.91 bits per heavy atom. The maximum Gasteiger partial charge on any atom is 0.308 e. The second-order valence-electron chi connectivity index (χ2n) is 5.75. The van der Waals surface area contributed by atoms with Crippen molar-refractivity contribution in [3.05, 3.63) is 29.6 Å². The number of nitrogens with one attached hydrogen (secondary N) is 2. The highest BCUT2D eigenvalue weighted by atomic mass is 19.1. The molecule has 1 aromatic rings. The summed E-state index contributed by atoms with van der Waals surface area (Å²) in [6.07, 6.45) is 0.441. The molecule has 1 rings (SSSR count). The number of amides is 2. The van der Waals surface area contributed by atoms with Crippen LogP contribution in [0.5, 0.6) is 0 Å². The minimum atomic E-state index is -0.975. The molecular formula is C16H21FN2O4. The molecule has 6 nitrogen and oxygen atoms in total. The van der Waals surface area contributed by atoms with Gasteiger partial charge in [0.25, 0.3) is 5.91 Å². The highest BCUT2D eigenvalue weighted by molar-refractivity contribution is 5.97. The maximum atomic E-state index is 13.5. The molecule has 0 saturated carbocycles. The molecule has 0 aromatic heterocycles. The van der Waals surface area contributed by atoms with Gasteiger partial charge in [0.15, 0.2) is 0 Å². The average molecular weight is 324 g/mol. The second-order valence-corrected chi connectivity index (χ2v) is 5.75. The second kappa shape index (κ2) is 8.26. The third kappa shape index (κ3) is 6.06. The molecule has 2 amide bonds. The largest absolute Gasteiger partial charge is 0.481 e. The Kier molecular flexibility index (Phi) is 6.68. The first kappa shape index (κ1) is 18.6. The lowest BCUT2D eigenvalue weighted by molar-refractivity contribution is -0.142. The first-order valence-electron chi connectivity index (χ1n) is 7.28. The van der Waals surface area contributed by atoms with Crippen molar-refractivity contribution < 1.29 is 23.9 Å². The molecule has 126 valence electrons. The molecule has 0 heterocycles. The van der Waals surface area contributed by atoms with Crippen LogP contribution < -0.4 is 10.6 Å². The highest BCUT2D eigenvalue weighted by Crippen LogP contribution is 2.17. The first-order chi connectivity index (χ1) is 10.7. The summed E-state index contributed by atoms with van der Waals surface area (Å²) in [4.78, 5) is 34.2. The van der Waals surface area contributed by atoms with Crippen LogP contribution in [0.15, 0.2) is 18.2 Å². The van der Waals surface area contributed by atoms with E-state index in [4.69, 9.17) is 5.11 Å². The normalized spacial score (nSPS) is 11.9. The van der Waals surface area contributed by atoms with E-state index in [2.05, 4.69) is 10.6 Å². The summed E-state index contributed by atoms with van der Waals surface area (Å²) in [6.45, 7) is 5.02. The zero-order chi connectivity index (χ0) is 17.6. The zero-order valence-corrected chi connectivity index (χ0v) is 13.4. The van der Waals surface area contributed by atoms with Gasteiger partial charge in [-0.05, 0) is 30.5 Å². The molecule has 0 aliphatic rings. The number of hydrogen-bond donors (Lipinski definition) is 3. The van der Waals surface area contributed by atoms with Crippen molar-refractivity contribution in [3.63, 3.8) is 0 Å². The third-order valence-corrected chi connectivity index (χ3v) is 3.15. The van der Waals surface area contributed by atoms with Crippen molar-refractivity contribution in [1.82, 2.24) is 5.32 Å². The quantitative estimate of drug-likeness (QED) is 0.717. The lowest BCUT2D eigenvalue weighted by Crippen LogP contribution is -2.33. The van der Waals surface area contributed by atoms with Gasteiger partial charge in [0.1, 0.15) is 5.82 Å². The van der Waals surface area contributed by atoms with Crippen LogP contribution in [-0.4, -0.2) is 29.4 Å². The van der Waals surface area contributed by atoms with Crippen LogP contribution in [0.4, 0.5) is 10.1 Å². The number of carbonyl (C=O) groups is 3. The van der Waals surface area contributed by atoms with Gasteiger partial charge in [-0.1, -0.05) is 13.8 Å². The first-order valence-corrected chi connectivity index (χ1v) is 7.28. The van der Waals surface area contributed by atoms with Gasteiger partial charge < -0.3 is 15.7 Å². The molecule has 1 atom stereocenters. The summed E-state index contributed by atoms with van der Waals surface area (Å²) in [5, 5.41) is 14.0. The lowest BCUT2D eigenvalue weighted by atomic mass is 9.97. The van der Waals surface area contributed by atoms with Crippen molar-refractivity contribution in [2.75, 3.05) is 11.9 Å². The number of halogens is 1. The monoisotopic (exact) mass is 324 g/mol. The minimum absolute atomic E-state index is 0.0147. The molecule has 0 spiro atoms. The fraction of sp³-hybridized carbons (Fsp3) is 0.438. The summed E-state index contributed by atoms with van der Waals surface area (Å²) < 4.78 is 13.5. The Balaban J connectivity index is 2.77. The van der Waals surface area contributed by atoms with E-state index in [1.807, 2.05) is 13.8 Å². The average Bonchev–Trinajstić information content (AvgIpc) is 2.44. The molecule has 7 heteroatoms. The molecule has 0 fully saturated rings. The van der Waals surface area contributed by atoms with Crippen LogP contribution in [0.25, 0.3) is 0 Å². The number of aliphatic carboxylic acids is 1. The standard InChI is InChI=1S/C16H21FN2O4/c1-9(2)6-12(16(22)23)8-18-15(21)11-4-5-13(17)14(7-11)19-10(3)20/h4-5,7,9,12H,6,8H2,1-3H3,(H,18,21)(H,19,20)(H,22,23). The van der Waals surface area contributed by atoms with Gasteiger partial charge in [-0.15, -0.1) is 0 Å².